The standard InChI is InChI=1S/C13H11FN2O/c14-5-7-17-9-3-4-11-10(8-9)13-12(16-11)2-1-6-15-13/h1-4,6,8,16H,5,7H2. The van der Waals surface area contributed by atoms with E-state index in [9.17, 15) is 4.39 Å². The van der Waals surface area contributed by atoms with Gasteiger partial charge >= 0.3 is 0 Å². The molecule has 0 spiro atoms. The first-order valence-corrected chi connectivity index (χ1v) is 5.44. The van der Waals surface area contributed by atoms with Crippen LogP contribution in [0.2, 0.25) is 0 Å². The average Bonchev–Trinajstić information content (AvgIpc) is 2.74. The van der Waals surface area contributed by atoms with Crippen LogP contribution in [0.25, 0.3) is 21.9 Å². The van der Waals surface area contributed by atoms with Gasteiger partial charge in [0.2, 0.25) is 0 Å². The van der Waals surface area contributed by atoms with Crippen molar-refractivity contribution in [2.45, 2.75) is 0 Å². The molecule has 0 atom stereocenters. The molecule has 2 aromatic heterocycles. The number of pyridine rings is 1. The molecule has 0 saturated carbocycles. The summed E-state index contributed by atoms with van der Waals surface area (Å²) in [6, 6.07) is 9.50. The van der Waals surface area contributed by atoms with Gasteiger partial charge in [0.15, 0.2) is 0 Å². The maximum atomic E-state index is 12.0. The summed E-state index contributed by atoms with van der Waals surface area (Å²) in [6.07, 6.45) is 1.75. The molecule has 0 aliphatic carbocycles. The Balaban J connectivity index is 2.16. The SMILES string of the molecule is FCCOc1ccc2[nH]c3cccnc3c2c1. The minimum absolute atomic E-state index is 0.0846. The lowest BCUT2D eigenvalue weighted by Gasteiger charge is -2.02. The van der Waals surface area contributed by atoms with Crippen LogP contribution in [0.4, 0.5) is 4.39 Å². The third-order valence-corrected chi connectivity index (χ3v) is 2.67. The van der Waals surface area contributed by atoms with E-state index in [-0.39, 0.29) is 6.61 Å². The molecule has 0 aliphatic heterocycles. The highest BCUT2D eigenvalue weighted by atomic mass is 19.1. The fourth-order valence-electron chi connectivity index (χ4n) is 1.94. The number of aromatic nitrogens is 2. The minimum atomic E-state index is -0.482. The zero-order chi connectivity index (χ0) is 11.7. The largest absolute Gasteiger partial charge is 0.491 e. The van der Waals surface area contributed by atoms with Crippen LogP contribution < -0.4 is 4.74 Å². The number of nitrogens with zero attached hydrogens (tertiary/aromatic N) is 1. The summed E-state index contributed by atoms with van der Waals surface area (Å²) >= 11 is 0. The highest BCUT2D eigenvalue weighted by Crippen LogP contribution is 2.26. The van der Waals surface area contributed by atoms with Gasteiger partial charge in [-0.1, -0.05) is 0 Å². The first kappa shape index (κ1) is 10.1. The van der Waals surface area contributed by atoms with Gasteiger partial charge in [0.1, 0.15) is 19.0 Å². The van der Waals surface area contributed by atoms with Crippen LogP contribution in [0.5, 0.6) is 5.75 Å². The number of hydrogen-bond acceptors (Lipinski definition) is 2. The van der Waals surface area contributed by atoms with E-state index in [4.69, 9.17) is 4.74 Å². The maximum absolute atomic E-state index is 12.0. The van der Waals surface area contributed by atoms with Gasteiger partial charge in [0.05, 0.1) is 11.0 Å². The summed E-state index contributed by atoms with van der Waals surface area (Å²) in [5.41, 5.74) is 2.91. The molecule has 3 aromatic rings. The minimum Gasteiger partial charge on any atom is -0.491 e. The van der Waals surface area contributed by atoms with Crippen LogP contribution in [0, 0.1) is 0 Å². The molecule has 0 amide bonds. The number of hydrogen-bond donors (Lipinski definition) is 1. The Kier molecular flexibility index (Phi) is 2.40. The summed E-state index contributed by atoms with van der Waals surface area (Å²) in [4.78, 5) is 7.60. The second-order valence-corrected chi connectivity index (χ2v) is 3.77. The molecule has 86 valence electrons. The van der Waals surface area contributed by atoms with Crippen molar-refractivity contribution in [3.63, 3.8) is 0 Å². The highest BCUT2D eigenvalue weighted by Gasteiger charge is 2.05. The van der Waals surface area contributed by atoms with E-state index in [0.717, 1.165) is 21.9 Å². The monoisotopic (exact) mass is 230 g/mol. The maximum Gasteiger partial charge on any atom is 0.123 e. The third kappa shape index (κ3) is 1.71. The molecular weight excluding hydrogens is 219 g/mol. The third-order valence-electron chi connectivity index (χ3n) is 2.67. The lowest BCUT2D eigenvalue weighted by Crippen LogP contribution is -1.98. The molecule has 0 radical (unpaired) electrons. The van der Waals surface area contributed by atoms with Gasteiger partial charge in [-0.05, 0) is 30.3 Å². The molecule has 0 unspecified atom stereocenters. The lowest BCUT2D eigenvalue weighted by molar-refractivity contribution is 0.273. The number of nitrogens with one attached hydrogen (secondary N) is 1. The van der Waals surface area contributed by atoms with Gasteiger partial charge in [0.25, 0.3) is 0 Å². The van der Waals surface area contributed by atoms with Crippen LogP contribution in [0.15, 0.2) is 36.5 Å². The molecule has 0 aliphatic rings. The molecule has 4 heteroatoms. The Labute approximate surface area is 97.2 Å². The van der Waals surface area contributed by atoms with Gasteiger partial charge in [-0.15, -0.1) is 0 Å². The quantitative estimate of drug-likeness (QED) is 0.750. The summed E-state index contributed by atoms with van der Waals surface area (Å²) in [5, 5.41) is 0.997. The Morgan fingerprint density at radius 2 is 2.18 bits per heavy atom. The van der Waals surface area contributed by atoms with E-state index < -0.39 is 6.67 Å². The Bertz CT molecular complexity index is 663. The summed E-state index contributed by atoms with van der Waals surface area (Å²) < 4.78 is 17.3. The van der Waals surface area contributed by atoms with E-state index in [2.05, 4.69) is 9.97 Å². The molecule has 1 aromatic carbocycles. The molecule has 3 rings (SSSR count). The predicted octanol–water partition coefficient (Wildman–Crippen LogP) is 3.06. The second kappa shape index (κ2) is 4.05. The number of aromatic amines is 1. The molecule has 0 saturated heterocycles. The molecule has 0 fully saturated rings. The molecule has 1 N–H and O–H groups in total. The number of H-pyrrole nitrogens is 1. The van der Waals surface area contributed by atoms with Crippen molar-refractivity contribution in [1.82, 2.24) is 9.97 Å². The van der Waals surface area contributed by atoms with Gasteiger partial charge < -0.3 is 9.72 Å². The average molecular weight is 230 g/mol. The molecule has 17 heavy (non-hydrogen) atoms. The fraction of sp³-hybridized carbons (Fsp3) is 0.154. The van der Waals surface area contributed by atoms with E-state index in [1.165, 1.54) is 0 Å². The number of halogens is 1. The van der Waals surface area contributed by atoms with Crippen molar-refractivity contribution in [2.24, 2.45) is 0 Å². The summed E-state index contributed by atoms with van der Waals surface area (Å²) in [7, 11) is 0. The Morgan fingerprint density at radius 1 is 1.24 bits per heavy atom. The Morgan fingerprint density at radius 3 is 3.06 bits per heavy atom. The number of rotatable bonds is 3. The number of ether oxygens (including phenoxy) is 1. The van der Waals surface area contributed by atoms with E-state index >= 15 is 0 Å². The van der Waals surface area contributed by atoms with E-state index in [1.807, 2.05) is 30.3 Å². The van der Waals surface area contributed by atoms with Gasteiger partial charge in [-0.2, -0.15) is 0 Å². The van der Waals surface area contributed by atoms with Crippen LogP contribution in [-0.2, 0) is 0 Å². The van der Waals surface area contributed by atoms with Crippen LogP contribution >= 0.6 is 0 Å². The van der Waals surface area contributed by atoms with Crippen LogP contribution in [0.3, 0.4) is 0 Å². The normalized spacial score (nSPS) is 11.1. The Hall–Kier alpha value is -2.10. The van der Waals surface area contributed by atoms with Crippen LogP contribution in [0.1, 0.15) is 0 Å². The molecule has 3 nitrogen and oxygen atoms in total. The molecule has 0 bridgehead atoms. The van der Waals surface area contributed by atoms with Gasteiger partial charge in [0, 0.05) is 17.1 Å². The van der Waals surface area contributed by atoms with Gasteiger partial charge in [-0.25, -0.2) is 4.39 Å². The van der Waals surface area contributed by atoms with E-state index in [0.29, 0.717) is 5.75 Å². The van der Waals surface area contributed by atoms with Crippen molar-refractivity contribution in [1.29, 1.82) is 0 Å². The van der Waals surface area contributed by atoms with Crippen molar-refractivity contribution in [3.05, 3.63) is 36.5 Å². The van der Waals surface area contributed by atoms with Crippen molar-refractivity contribution >= 4 is 21.9 Å². The number of alkyl halides is 1. The smallest absolute Gasteiger partial charge is 0.123 e. The zero-order valence-corrected chi connectivity index (χ0v) is 9.11. The fourth-order valence-corrected chi connectivity index (χ4v) is 1.94. The van der Waals surface area contributed by atoms with E-state index in [1.54, 1.807) is 6.20 Å². The predicted molar refractivity (Wildman–Crippen MR) is 65.1 cm³/mol. The summed E-state index contributed by atoms with van der Waals surface area (Å²) in [5.74, 6) is 0.668. The van der Waals surface area contributed by atoms with Crippen LogP contribution in [-0.4, -0.2) is 23.2 Å². The first-order chi connectivity index (χ1) is 8.38. The van der Waals surface area contributed by atoms with Gasteiger partial charge in [-0.3, -0.25) is 4.98 Å². The number of fused-ring (bicyclic) bond motifs is 3. The lowest BCUT2D eigenvalue weighted by atomic mass is 10.2. The highest BCUT2D eigenvalue weighted by molar-refractivity contribution is 6.05. The number of benzene rings is 1. The zero-order valence-electron chi connectivity index (χ0n) is 9.11. The van der Waals surface area contributed by atoms with Crippen molar-refractivity contribution in [3.8, 4) is 5.75 Å². The molecule has 2 heterocycles. The second-order valence-electron chi connectivity index (χ2n) is 3.77. The van der Waals surface area contributed by atoms with Crippen molar-refractivity contribution < 1.29 is 9.13 Å². The van der Waals surface area contributed by atoms with Crippen molar-refractivity contribution in [2.75, 3.05) is 13.3 Å². The summed E-state index contributed by atoms with van der Waals surface area (Å²) in [6.45, 7) is -0.397. The first-order valence-electron chi connectivity index (χ1n) is 5.44. The topological polar surface area (TPSA) is 37.9 Å². The molecular formula is C13H11FN2O.